The predicted molar refractivity (Wildman–Crippen MR) is 56.1 cm³/mol. The van der Waals surface area contributed by atoms with Gasteiger partial charge in [-0.25, -0.2) is 0 Å². The molecule has 0 radical (unpaired) electrons. The van der Waals surface area contributed by atoms with Gasteiger partial charge in [-0.1, -0.05) is 0 Å². The SMILES string of the molecule is COC(=O)C(C(=O)OC)P(=S)(OC)OC. The van der Waals surface area contributed by atoms with Crippen molar-refractivity contribution in [1.29, 1.82) is 0 Å². The molecule has 0 saturated carbocycles. The standard InChI is InChI=1S/C7H13O6PS/c1-10-6(8)5(7(9)11-2)14(15,12-3)13-4/h5H,1-4H3. The number of hydrogen-bond acceptors (Lipinski definition) is 7. The van der Waals surface area contributed by atoms with Gasteiger partial charge in [0.15, 0.2) is 0 Å². The van der Waals surface area contributed by atoms with Crippen molar-refractivity contribution in [3.63, 3.8) is 0 Å². The third-order valence-corrected chi connectivity index (χ3v) is 5.27. The van der Waals surface area contributed by atoms with E-state index >= 15 is 0 Å². The summed E-state index contributed by atoms with van der Waals surface area (Å²) >= 11 is 4.98. The minimum absolute atomic E-state index is 0.825. The summed E-state index contributed by atoms with van der Waals surface area (Å²) in [6.07, 6.45) is 0. The number of rotatable bonds is 5. The van der Waals surface area contributed by atoms with E-state index < -0.39 is 24.1 Å². The molecular formula is C7H13O6PS. The first kappa shape index (κ1) is 14.5. The molecule has 0 aliphatic rings. The van der Waals surface area contributed by atoms with Crippen molar-refractivity contribution in [2.24, 2.45) is 0 Å². The minimum atomic E-state index is -3.05. The molecule has 6 nitrogen and oxygen atoms in total. The van der Waals surface area contributed by atoms with Crippen LogP contribution in [0.2, 0.25) is 0 Å². The molecule has 88 valence electrons. The second-order valence-corrected chi connectivity index (χ2v) is 6.21. The Morgan fingerprint density at radius 1 is 1.00 bits per heavy atom. The molecule has 0 rings (SSSR count). The summed E-state index contributed by atoms with van der Waals surface area (Å²) in [6.45, 7) is -3.05. The minimum Gasteiger partial charge on any atom is -0.468 e. The van der Waals surface area contributed by atoms with Crippen LogP contribution in [-0.4, -0.2) is 46.0 Å². The van der Waals surface area contributed by atoms with Crippen molar-refractivity contribution in [2.45, 2.75) is 5.66 Å². The quantitative estimate of drug-likeness (QED) is 0.398. The van der Waals surface area contributed by atoms with Gasteiger partial charge in [0.2, 0.25) is 12.2 Å². The van der Waals surface area contributed by atoms with Crippen molar-refractivity contribution in [3.8, 4) is 0 Å². The molecule has 0 amide bonds. The predicted octanol–water partition coefficient (Wildman–Crippen LogP) is 0.303. The lowest BCUT2D eigenvalue weighted by molar-refractivity contribution is -0.150. The van der Waals surface area contributed by atoms with Crippen molar-refractivity contribution < 1.29 is 28.1 Å². The molecule has 0 saturated heterocycles. The van der Waals surface area contributed by atoms with E-state index in [-0.39, 0.29) is 0 Å². The smallest absolute Gasteiger partial charge is 0.330 e. The number of ether oxygens (including phenoxy) is 2. The third kappa shape index (κ3) is 3.24. The first-order valence-electron chi connectivity index (χ1n) is 3.83. The summed E-state index contributed by atoms with van der Waals surface area (Å²) in [5.41, 5.74) is -1.35. The van der Waals surface area contributed by atoms with E-state index in [0.29, 0.717) is 0 Å². The lowest BCUT2D eigenvalue weighted by Gasteiger charge is -2.23. The fourth-order valence-electron chi connectivity index (χ4n) is 0.863. The first-order valence-corrected chi connectivity index (χ1v) is 6.54. The van der Waals surface area contributed by atoms with E-state index in [1.54, 1.807) is 0 Å². The fraction of sp³-hybridized carbons (Fsp3) is 0.714. The molecule has 0 aliphatic heterocycles. The Bertz CT molecular complexity index is 267. The second-order valence-electron chi connectivity index (χ2n) is 2.35. The number of hydrogen-bond donors (Lipinski definition) is 0. The highest BCUT2D eigenvalue weighted by Gasteiger charge is 2.43. The van der Waals surface area contributed by atoms with Crippen LogP contribution < -0.4 is 0 Å². The van der Waals surface area contributed by atoms with Crippen LogP contribution in [0, 0.1) is 0 Å². The summed E-state index contributed by atoms with van der Waals surface area (Å²) in [5, 5.41) is 0. The van der Waals surface area contributed by atoms with E-state index in [2.05, 4.69) is 9.47 Å². The molecule has 0 bridgehead atoms. The third-order valence-electron chi connectivity index (χ3n) is 1.67. The van der Waals surface area contributed by atoms with Crippen LogP contribution in [0.4, 0.5) is 0 Å². The van der Waals surface area contributed by atoms with Crippen LogP contribution in [0.15, 0.2) is 0 Å². The van der Waals surface area contributed by atoms with Crippen molar-refractivity contribution in [1.82, 2.24) is 0 Å². The molecule has 0 aliphatic carbocycles. The first-order chi connectivity index (χ1) is 6.96. The van der Waals surface area contributed by atoms with E-state index in [4.69, 9.17) is 20.9 Å². The molecule has 0 aromatic carbocycles. The van der Waals surface area contributed by atoms with Gasteiger partial charge in [-0.15, -0.1) is 0 Å². The van der Waals surface area contributed by atoms with Crippen LogP contribution in [-0.2, 0) is 39.9 Å². The van der Waals surface area contributed by atoms with Crippen LogP contribution in [0.5, 0.6) is 0 Å². The number of carbonyl (C=O) groups excluding carboxylic acids is 2. The highest BCUT2D eigenvalue weighted by Crippen LogP contribution is 2.52. The van der Waals surface area contributed by atoms with Crippen molar-refractivity contribution in [3.05, 3.63) is 0 Å². The Labute approximate surface area is 93.0 Å². The fourth-order valence-corrected chi connectivity index (χ4v) is 2.68. The van der Waals surface area contributed by atoms with Gasteiger partial charge in [-0.05, 0) is 11.8 Å². The van der Waals surface area contributed by atoms with Gasteiger partial charge in [0.25, 0.3) is 0 Å². The summed E-state index contributed by atoms with van der Waals surface area (Å²) in [4.78, 5) is 22.7. The zero-order chi connectivity index (χ0) is 12.1. The highest BCUT2D eigenvalue weighted by molar-refractivity contribution is 8.10. The number of esters is 2. The Balaban J connectivity index is 5.18. The molecule has 0 atom stereocenters. The van der Waals surface area contributed by atoms with Crippen LogP contribution in [0.1, 0.15) is 0 Å². The molecular weight excluding hydrogens is 243 g/mol. The maximum atomic E-state index is 11.4. The van der Waals surface area contributed by atoms with Crippen LogP contribution in [0.3, 0.4) is 0 Å². The van der Waals surface area contributed by atoms with E-state index in [0.717, 1.165) is 14.2 Å². The van der Waals surface area contributed by atoms with Crippen molar-refractivity contribution >= 4 is 30.2 Å². The Morgan fingerprint density at radius 3 is 1.53 bits per heavy atom. The molecule has 0 spiro atoms. The summed E-state index contributed by atoms with van der Waals surface area (Å²) in [5.74, 6) is -1.65. The maximum Gasteiger partial charge on any atom is 0.330 e. The van der Waals surface area contributed by atoms with Gasteiger partial charge in [-0.3, -0.25) is 9.59 Å². The lowest BCUT2D eigenvalue weighted by atomic mass is 10.4. The largest absolute Gasteiger partial charge is 0.468 e. The average Bonchev–Trinajstić information content (AvgIpc) is 2.28. The molecule has 0 aromatic heterocycles. The molecule has 15 heavy (non-hydrogen) atoms. The van der Waals surface area contributed by atoms with Gasteiger partial charge in [0.05, 0.1) is 14.2 Å². The molecule has 0 fully saturated rings. The molecule has 0 unspecified atom stereocenters. The highest BCUT2D eigenvalue weighted by atomic mass is 32.5. The van der Waals surface area contributed by atoms with Crippen molar-refractivity contribution in [2.75, 3.05) is 28.4 Å². The monoisotopic (exact) mass is 256 g/mol. The Hall–Kier alpha value is -0.490. The average molecular weight is 256 g/mol. The van der Waals surface area contributed by atoms with Gasteiger partial charge >= 0.3 is 11.9 Å². The maximum absolute atomic E-state index is 11.4. The van der Waals surface area contributed by atoms with Gasteiger partial charge in [-0.2, -0.15) is 0 Å². The normalized spacial score (nSPS) is 11.3. The zero-order valence-corrected chi connectivity index (χ0v) is 10.6. The summed E-state index contributed by atoms with van der Waals surface area (Å²) < 4.78 is 18.7. The number of carbonyl (C=O) groups is 2. The molecule has 0 aromatic rings. The van der Waals surface area contributed by atoms with Gasteiger partial charge in [0, 0.05) is 14.2 Å². The summed E-state index contributed by atoms with van der Waals surface area (Å²) in [7, 11) is 4.82. The second kappa shape index (κ2) is 6.17. The molecule has 8 heteroatoms. The van der Waals surface area contributed by atoms with E-state index in [1.807, 2.05) is 0 Å². The molecule has 0 heterocycles. The topological polar surface area (TPSA) is 71.1 Å². The Morgan fingerprint density at radius 2 is 1.33 bits per heavy atom. The molecule has 0 N–H and O–H groups in total. The van der Waals surface area contributed by atoms with Crippen LogP contribution >= 0.6 is 6.49 Å². The zero-order valence-electron chi connectivity index (χ0n) is 8.88. The number of methoxy groups -OCH3 is 2. The van der Waals surface area contributed by atoms with Gasteiger partial charge < -0.3 is 18.5 Å². The van der Waals surface area contributed by atoms with Gasteiger partial charge in [0.1, 0.15) is 0 Å². The Kier molecular flexibility index (Phi) is 5.97. The van der Waals surface area contributed by atoms with E-state index in [9.17, 15) is 9.59 Å². The van der Waals surface area contributed by atoms with Crippen LogP contribution in [0.25, 0.3) is 0 Å². The van der Waals surface area contributed by atoms with E-state index in [1.165, 1.54) is 14.2 Å². The lowest BCUT2D eigenvalue weighted by Crippen LogP contribution is -2.33. The summed E-state index contributed by atoms with van der Waals surface area (Å²) in [6, 6.07) is 0.